The molecular weight excluding hydrogens is 780 g/mol. The number of hydrogen-bond acceptors (Lipinski definition) is 9. The molecular formula is C46H47N6O5PS. The summed E-state index contributed by atoms with van der Waals surface area (Å²) in [4.78, 5) is 35.8. The summed E-state index contributed by atoms with van der Waals surface area (Å²) < 4.78 is 20.6. The molecule has 6 aromatic rings. The van der Waals surface area contributed by atoms with E-state index in [1.807, 2.05) is 73.7 Å². The molecule has 4 fully saturated rings. The van der Waals surface area contributed by atoms with Crippen molar-refractivity contribution >= 4 is 57.2 Å². The summed E-state index contributed by atoms with van der Waals surface area (Å²) in [6, 6.07) is 22.7. The summed E-state index contributed by atoms with van der Waals surface area (Å²) in [6.07, 6.45) is 8.94. The molecule has 0 aliphatic heterocycles. The number of anilines is 1. The Kier molecular flexibility index (Phi) is 10.2. The van der Waals surface area contributed by atoms with Crippen molar-refractivity contribution in [1.29, 1.82) is 0 Å². The Morgan fingerprint density at radius 2 is 1.75 bits per heavy atom. The van der Waals surface area contributed by atoms with Gasteiger partial charge in [-0.1, -0.05) is 47.7 Å². The van der Waals surface area contributed by atoms with Crippen LogP contribution in [0.4, 0.5) is 5.13 Å². The molecule has 11 nitrogen and oxygen atoms in total. The summed E-state index contributed by atoms with van der Waals surface area (Å²) >= 11 is 1.42. The van der Waals surface area contributed by atoms with Gasteiger partial charge in [0.1, 0.15) is 0 Å². The number of nitrogens with zero attached hydrogens (tertiary/aromatic N) is 4. The fourth-order valence-corrected chi connectivity index (χ4v) is 12.8. The van der Waals surface area contributed by atoms with Gasteiger partial charge in [0.15, 0.2) is 10.8 Å². The Bertz CT molecular complexity index is 2710. The van der Waals surface area contributed by atoms with Crippen LogP contribution in [0.25, 0.3) is 43.4 Å². The predicted molar refractivity (Wildman–Crippen MR) is 232 cm³/mol. The molecule has 1 amide bonds. The number of carboxylic acids is 1. The van der Waals surface area contributed by atoms with Crippen molar-refractivity contribution in [1.82, 2.24) is 25.1 Å². The molecule has 3 N–H and O–H groups in total. The van der Waals surface area contributed by atoms with Gasteiger partial charge < -0.3 is 5.11 Å². The number of carboxylic acid groups (broad SMARTS) is 1. The maximum absolute atomic E-state index is 13.6. The number of hydrogen-bond donors (Lipinski definition) is 3. The molecule has 4 aliphatic rings. The molecule has 3 heterocycles. The van der Waals surface area contributed by atoms with Crippen LogP contribution in [0.5, 0.6) is 0 Å². The molecule has 0 saturated heterocycles. The second kappa shape index (κ2) is 15.3. The number of rotatable bonds is 13. The topological polar surface area (TPSA) is 148 Å². The molecule has 2 unspecified atom stereocenters. The Hall–Kier alpha value is -4.96. The van der Waals surface area contributed by atoms with E-state index in [1.54, 1.807) is 12.3 Å². The molecule has 3 aromatic heterocycles. The van der Waals surface area contributed by atoms with Crippen LogP contribution in [0.15, 0.2) is 79.0 Å². The van der Waals surface area contributed by atoms with E-state index in [0.717, 1.165) is 84.0 Å². The van der Waals surface area contributed by atoms with E-state index < -0.39 is 5.97 Å². The number of fused-ring (bicyclic) bond motifs is 2. The molecule has 13 heteroatoms. The van der Waals surface area contributed by atoms with E-state index in [9.17, 15) is 19.3 Å². The second-order valence-electron chi connectivity index (χ2n) is 17.8. The number of thiazole rings is 1. The molecule has 4 aliphatic carbocycles. The third-order valence-electron chi connectivity index (χ3n) is 12.7. The molecule has 4 bridgehead atoms. The minimum absolute atomic E-state index is 0.00874. The first-order chi connectivity index (χ1) is 28.4. The van der Waals surface area contributed by atoms with Crippen molar-refractivity contribution < 1.29 is 24.0 Å². The van der Waals surface area contributed by atoms with Crippen molar-refractivity contribution in [2.24, 2.45) is 16.2 Å². The quantitative estimate of drug-likeness (QED) is 0.0764. The average Bonchev–Trinajstić information content (AvgIpc) is 3.76. The first kappa shape index (κ1) is 39.5. The van der Waals surface area contributed by atoms with Gasteiger partial charge in [-0.3, -0.25) is 10.1 Å². The summed E-state index contributed by atoms with van der Waals surface area (Å²) in [5.74, 6) is -1.40. The van der Waals surface area contributed by atoms with Crippen molar-refractivity contribution in [3.05, 3.63) is 95.9 Å². The number of nitrogens with one attached hydrogen (secondary N) is 2. The SMILES string of the molecule is Cc1c(-c2ccc(-c3ccc4cccc(C(=O)Nc5nc6ccccc6s5)c4c3)nc2C(=O)O)cnn1CC12CC3(C)CC(C)(C1)CC(OCCNCCC#P=O)(C3)C2. The van der Waals surface area contributed by atoms with Crippen LogP contribution in [-0.2, 0) is 15.8 Å². The number of benzene rings is 3. The third-order valence-corrected chi connectivity index (χ3v) is 14.0. The van der Waals surface area contributed by atoms with Crippen LogP contribution in [-0.4, -0.2) is 62.0 Å². The van der Waals surface area contributed by atoms with E-state index in [-0.39, 0.29) is 41.4 Å². The number of pyridine rings is 1. The Balaban J connectivity index is 0.967. The summed E-state index contributed by atoms with van der Waals surface area (Å²) in [6.45, 7) is 9.73. The predicted octanol–water partition coefficient (Wildman–Crippen LogP) is 10.0. The Morgan fingerprint density at radius 3 is 2.53 bits per heavy atom. The zero-order valence-electron chi connectivity index (χ0n) is 33.5. The van der Waals surface area contributed by atoms with Crippen molar-refractivity contribution in [3.8, 4) is 28.0 Å². The van der Waals surface area contributed by atoms with Crippen LogP contribution < -0.4 is 10.6 Å². The monoisotopic (exact) mass is 826 g/mol. The fourth-order valence-electron chi connectivity index (χ4n) is 11.7. The van der Waals surface area contributed by atoms with Gasteiger partial charge >= 0.3 is 146 Å². The Labute approximate surface area is 348 Å². The first-order valence-electron chi connectivity index (χ1n) is 20.2. The number of ether oxygens (including phenoxy) is 1. The van der Waals surface area contributed by atoms with Crippen LogP contribution in [0.3, 0.4) is 0 Å². The van der Waals surface area contributed by atoms with E-state index in [2.05, 4.69) is 39.8 Å². The number of carbonyl (C=O) groups is 2. The summed E-state index contributed by atoms with van der Waals surface area (Å²) in [5.41, 5.74) is 7.60. The molecule has 59 heavy (non-hydrogen) atoms. The van der Waals surface area contributed by atoms with Crippen LogP contribution >= 0.6 is 19.3 Å². The molecule has 0 spiro atoms. The van der Waals surface area contributed by atoms with Crippen molar-refractivity contribution in [3.63, 3.8) is 0 Å². The summed E-state index contributed by atoms with van der Waals surface area (Å²) in [5, 5.41) is 23.9. The number of aromatic nitrogens is 4. The zero-order chi connectivity index (χ0) is 41.0. The normalized spacial score (nSPS) is 24.4. The standard InChI is InChI=1S/C46H47N6O5PS/c1-29-35(21-48-52(29)28-45-23-43(2)22-44(3,24-45)26-46(25-43,27-45)57-18-17-47-16-7-19-58-56)32-14-15-36(49-39(32)41(54)55)31-13-12-30-8-6-9-33(34(30)20-31)40(53)51-42-50-37-10-4-5-11-38(37)59-42/h4-6,8-15,20-21,47H,7,16-18,22-28H2,1-3H3,(H,54,55)(H,50,51,53). The van der Waals surface area contributed by atoms with Gasteiger partial charge in [-0.05, 0) is 54.1 Å². The summed E-state index contributed by atoms with van der Waals surface area (Å²) in [7, 11) is -0.0517. The zero-order valence-corrected chi connectivity index (χ0v) is 35.2. The van der Waals surface area contributed by atoms with Crippen molar-refractivity contribution in [2.75, 3.05) is 25.0 Å². The minimum atomic E-state index is -1.12. The number of aromatic carboxylic acids is 1. The van der Waals surface area contributed by atoms with Gasteiger partial charge in [0.25, 0.3) is 5.91 Å². The fraction of sp³-hybridized carbons (Fsp3) is 0.391. The first-order valence-corrected chi connectivity index (χ1v) is 21.9. The van der Waals surface area contributed by atoms with Gasteiger partial charge in [0.05, 0.1) is 22.1 Å². The van der Waals surface area contributed by atoms with Crippen LogP contribution in [0, 0.1) is 28.8 Å². The molecule has 4 saturated carbocycles. The van der Waals surface area contributed by atoms with E-state index >= 15 is 0 Å². The second-order valence-corrected chi connectivity index (χ2v) is 19.4. The molecule has 10 rings (SSSR count). The number of carbonyl (C=O) groups excluding carboxylic acids is 1. The third kappa shape index (κ3) is 7.69. The maximum atomic E-state index is 13.6. The Morgan fingerprint density at radius 1 is 0.932 bits per heavy atom. The molecule has 2 atom stereocenters. The van der Waals surface area contributed by atoms with E-state index in [0.29, 0.717) is 40.5 Å². The van der Waals surface area contributed by atoms with Gasteiger partial charge in [0, 0.05) is 27.9 Å². The number of amides is 1. The molecule has 302 valence electrons. The van der Waals surface area contributed by atoms with Gasteiger partial charge in [-0.2, -0.15) is 5.10 Å². The van der Waals surface area contributed by atoms with Gasteiger partial charge in [-0.15, -0.1) is 0 Å². The van der Waals surface area contributed by atoms with Crippen LogP contribution in [0.1, 0.15) is 85.3 Å². The number of para-hydroxylation sites is 1. The molecule has 3 aromatic carbocycles. The average molecular weight is 827 g/mol. The molecule has 0 radical (unpaired) electrons. The van der Waals surface area contributed by atoms with Crippen molar-refractivity contribution in [2.45, 2.75) is 77.9 Å². The van der Waals surface area contributed by atoms with E-state index in [4.69, 9.17) is 14.8 Å². The van der Waals surface area contributed by atoms with Gasteiger partial charge in [-0.25, -0.2) is 14.8 Å². The van der Waals surface area contributed by atoms with Gasteiger partial charge in [0.2, 0.25) is 0 Å². The van der Waals surface area contributed by atoms with Crippen LogP contribution in [0.2, 0.25) is 0 Å². The van der Waals surface area contributed by atoms with E-state index in [1.165, 1.54) is 17.8 Å².